The van der Waals surface area contributed by atoms with Gasteiger partial charge in [0.2, 0.25) is 6.79 Å². The van der Waals surface area contributed by atoms with Crippen molar-refractivity contribution in [1.29, 1.82) is 0 Å². The maximum atomic E-state index is 12.9. The summed E-state index contributed by atoms with van der Waals surface area (Å²) in [6.45, 7) is 0.0648. The highest BCUT2D eigenvalue weighted by atomic mass is 35.5. The molecule has 3 aromatic rings. The fourth-order valence-electron chi connectivity index (χ4n) is 2.97. The highest BCUT2D eigenvalue weighted by Gasteiger charge is 2.30. The lowest BCUT2D eigenvalue weighted by Crippen LogP contribution is -2.15. The van der Waals surface area contributed by atoms with Gasteiger partial charge >= 0.3 is 6.18 Å². The third kappa shape index (κ3) is 4.62. The van der Waals surface area contributed by atoms with Crippen LogP contribution in [0.4, 0.5) is 24.5 Å². The topological polar surface area (TPSA) is 76.7 Å². The molecular formula is C22H14ClF3N2O4. The van der Waals surface area contributed by atoms with E-state index in [9.17, 15) is 22.8 Å². The van der Waals surface area contributed by atoms with Crippen LogP contribution in [-0.2, 0) is 6.18 Å². The maximum absolute atomic E-state index is 12.9. The van der Waals surface area contributed by atoms with E-state index < -0.39 is 23.6 Å². The Kier molecular flexibility index (Phi) is 5.67. The molecule has 6 nitrogen and oxygen atoms in total. The minimum Gasteiger partial charge on any atom is -0.454 e. The molecule has 0 spiro atoms. The summed E-state index contributed by atoms with van der Waals surface area (Å²) in [5.41, 5.74) is -0.378. The van der Waals surface area contributed by atoms with Crippen LogP contribution in [-0.4, -0.2) is 18.6 Å². The molecular weight excluding hydrogens is 449 g/mol. The molecule has 1 aliphatic heterocycles. The van der Waals surface area contributed by atoms with Crippen LogP contribution in [0, 0.1) is 0 Å². The van der Waals surface area contributed by atoms with Crippen LogP contribution in [0.3, 0.4) is 0 Å². The number of carbonyl (C=O) groups is 2. The molecule has 4 rings (SSSR count). The van der Waals surface area contributed by atoms with Gasteiger partial charge in [-0.3, -0.25) is 9.59 Å². The Morgan fingerprint density at radius 2 is 1.53 bits per heavy atom. The van der Waals surface area contributed by atoms with Crippen molar-refractivity contribution in [2.45, 2.75) is 6.18 Å². The van der Waals surface area contributed by atoms with E-state index in [0.717, 1.165) is 12.1 Å². The van der Waals surface area contributed by atoms with Crippen molar-refractivity contribution >= 4 is 34.8 Å². The number of hydrogen-bond donors (Lipinski definition) is 2. The van der Waals surface area contributed by atoms with Gasteiger partial charge < -0.3 is 20.1 Å². The van der Waals surface area contributed by atoms with E-state index in [2.05, 4.69) is 10.6 Å². The molecule has 0 aromatic heterocycles. The summed E-state index contributed by atoms with van der Waals surface area (Å²) in [5, 5.41) is 5.19. The Morgan fingerprint density at radius 3 is 2.31 bits per heavy atom. The molecule has 32 heavy (non-hydrogen) atoms. The van der Waals surface area contributed by atoms with Crippen molar-refractivity contribution in [2.75, 3.05) is 17.4 Å². The van der Waals surface area contributed by atoms with Gasteiger partial charge in [0.1, 0.15) is 0 Å². The van der Waals surface area contributed by atoms with Crippen LogP contribution in [0.25, 0.3) is 0 Å². The molecule has 0 saturated heterocycles. The molecule has 1 heterocycles. The Balaban J connectivity index is 1.51. The maximum Gasteiger partial charge on any atom is 0.416 e. The lowest BCUT2D eigenvalue weighted by Gasteiger charge is -2.12. The van der Waals surface area contributed by atoms with Crippen molar-refractivity contribution in [1.82, 2.24) is 0 Å². The number of hydrogen-bond acceptors (Lipinski definition) is 4. The molecule has 1 aliphatic rings. The smallest absolute Gasteiger partial charge is 0.416 e. The SMILES string of the molecule is O=C(Nc1cccc(C(F)(F)F)c1)c1ccc(Cl)c(NC(=O)c2ccc3c(c2)OCO3)c1. The highest BCUT2D eigenvalue weighted by molar-refractivity contribution is 6.34. The van der Waals surface area contributed by atoms with Crippen LogP contribution in [0.15, 0.2) is 60.7 Å². The molecule has 2 N–H and O–H groups in total. The average molecular weight is 463 g/mol. The second kappa shape index (κ2) is 8.43. The van der Waals surface area contributed by atoms with E-state index >= 15 is 0 Å². The number of carbonyl (C=O) groups excluding carboxylic acids is 2. The van der Waals surface area contributed by atoms with Crippen molar-refractivity contribution in [2.24, 2.45) is 0 Å². The first-order chi connectivity index (χ1) is 15.2. The molecule has 2 amide bonds. The summed E-state index contributed by atoms with van der Waals surface area (Å²) in [6, 6.07) is 13.0. The van der Waals surface area contributed by atoms with Gasteiger partial charge in [0.05, 0.1) is 16.3 Å². The Hall–Kier alpha value is -3.72. The minimum absolute atomic E-state index is 0.0225. The van der Waals surface area contributed by atoms with Crippen LogP contribution in [0.2, 0.25) is 5.02 Å². The zero-order chi connectivity index (χ0) is 22.9. The van der Waals surface area contributed by atoms with Crippen molar-refractivity contribution in [3.8, 4) is 11.5 Å². The summed E-state index contributed by atoms with van der Waals surface area (Å²) >= 11 is 6.14. The summed E-state index contributed by atoms with van der Waals surface area (Å²) in [7, 11) is 0. The number of nitrogens with one attached hydrogen (secondary N) is 2. The Bertz CT molecular complexity index is 1210. The number of rotatable bonds is 4. The zero-order valence-corrected chi connectivity index (χ0v) is 16.9. The average Bonchev–Trinajstić information content (AvgIpc) is 3.22. The number of anilines is 2. The number of fused-ring (bicyclic) bond motifs is 1. The van der Waals surface area contributed by atoms with Crippen LogP contribution >= 0.6 is 11.6 Å². The van der Waals surface area contributed by atoms with Gasteiger partial charge in [-0.2, -0.15) is 13.2 Å². The lowest BCUT2D eigenvalue weighted by atomic mass is 10.1. The van der Waals surface area contributed by atoms with Gasteiger partial charge in [0.15, 0.2) is 11.5 Å². The zero-order valence-electron chi connectivity index (χ0n) is 16.1. The molecule has 10 heteroatoms. The Labute approximate surface area is 184 Å². The van der Waals surface area contributed by atoms with E-state index in [4.69, 9.17) is 21.1 Å². The van der Waals surface area contributed by atoms with Gasteiger partial charge in [-0.05, 0) is 54.6 Å². The normalized spacial score (nSPS) is 12.4. The molecule has 0 aliphatic carbocycles. The van der Waals surface area contributed by atoms with Crippen molar-refractivity contribution < 1.29 is 32.2 Å². The quantitative estimate of drug-likeness (QED) is 0.529. The first kappa shape index (κ1) is 21.5. The predicted molar refractivity (Wildman–Crippen MR) is 111 cm³/mol. The van der Waals surface area contributed by atoms with E-state index in [0.29, 0.717) is 11.5 Å². The minimum atomic E-state index is -4.53. The van der Waals surface area contributed by atoms with Gasteiger partial charge in [0.25, 0.3) is 11.8 Å². The molecule has 164 valence electrons. The fraction of sp³-hybridized carbons (Fsp3) is 0.0909. The largest absolute Gasteiger partial charge is 0.454 e. The van der Waals surface area contributed by atoms with E-state index in [1.165, 1.54) is 36.4 Å². The third-order valence-corrected chi connectivity index (χ3v) is 4.89. The van der Waals surface area contributed by atoms with Crippen LogP contribution in [0.1, 0.15) is 26.3 Å². The molecule has 0 bridgehead atoms. The summed E-state index contributed by atoms with van der Waals surface area (Å²) < 4.78 is 49.1. The number of benzene rings is 3. The number of alkyl halides is 3. The number of amides is 2. The lowest BCUT2D eigenvalue weighted by molar-refractivity contribution is -0.137. The second-order valence-electron chi connectivity index (χ2n) is 6.75. The molecule has 0 unspecified atom stereocenters. The molecule has 3 aromatic carbocycles. The Morgan fingerprint density at radius 1 is 0.844 bits per heavy atom. The van der Waals surface area contributed by atoms with Gasteiger partial charge in [-0.25, -0.2) is 0 Å². The summed E-state index contributed by atoms with van der Waals surface area (Å²) in [4.78, 5) is 25.1. The summed E-state index contributed by atoms with van der Waals surface area (Å²) in [5.74, 6) is -0.217. The predicted octanol–water partition coefficient (Wildman–Crippen LogP) is 5.59. The van der Waals surface area contributed by atoms with Crippen molar-refractivity contribution in [3.05, 3.63) is 82.4 Å². The van der Waals surface area contributed by atoms with Gasteiger partial charge in [-0.15, -0.1) is 0 Å². The standard InChI is InChI=1S/C22H14ClF3N2O4/c23-16-6-4-12(20(29)27-15-3-1-2-14(10-15)22(24,25)26)8-17(16)28-21(30)13-5-7-18-19(9-13)32-11-31-18/h1-10H,11H2,(H,27,29)(H,28,30). The van der Waals surface area contributed by atoms with Gasteiger partial charge in [-0.1, -0.05) is 17.7 Å². The van der Waals surface area contributed by atoms with E-state index in [1.807, 2.05) is 0 Å². The van der Waals surface area contributed by atoms with E-state index in [-0.39, 0.29) is 34.3 Å². The molecule has 0 atom stereocenters. The molecule has 0 fully saturated rings. The van der Waals surface area contributed by atoms with Crippen molar-refractivity contribution in [3.63, 3.8) is 0 Å². The molecule has 0 saturated carbocycles. The first-order valence-electron chi connectivity index (χ1n) is 9.20. The third-order valence-electron chi connectivity index (χ3n) is 4.56. The van der Waals surface area contributed by atoms with Crippen LogP contribution < -0.4 is 20.1 Å². The highest BCUT2D eigenvalue weighted by Crippen LogP contribution is 2.33. The number of ether oxygens (including phenoxy) is 2. The summed E-state index contributed by atoms with van der Waals surface area (Å²) in [6.07, 6.45) is -4.53. The molecule has 0 radical (unpaired) electrons. The monoisotopic (exact) mass is 462 g/mol. The van der Waals surface area contributed by atoms with Crippen LogP contribution in [0.5, 0.6) is 11.5 Å². The second-order valence-corrected chi connectivity index (χ2v) is 7.16. The van der Waals surface area contributed by atoms with Gasteiger partial charge in [0, 0.05) is 16.8 Å². The van der Waals surface area contributed by atoms with E-state index in [1.54, 1.807) is 12.1 Å². The number of halogens is 4. The first-order valence-corrected chi connectivity index (χ1v) is 9.58. The fourth-order valence-corrected chi connectivity index (χ4v) is 3.14.